The maximum Gasteiger partial charge on any atom is 0.269 e. The van der Waals surface area contributed by atoms with E-state index in [9.17, 15) is 9.59 Å². The molecule has 1 N–H and O–H groups in total. The number of nitriles is 1. The average molecular weight is 544 g/mol. The van der Waals surface area contributed by atoms with Crippen molar-refractivity contribution in [1.82, 2.24) is 20.1 Å². The van der Waals surface area contributed by atoms with E-state index < -0.39 is 0 Å². The minimum absolute atomic E-state index is 0.0224. The number of aromatic nitrogens is 3. The van der Waals surface area contributed by atoms with Crippen LogP contribution in [0, 0.1) is 24.2 Å². The second kappa shape index (κ2) is 12.6. The highest BCUT2D eigenvalue weighted by molar-refractivity contribution is 5.94. The van der Waals surface area contributed by atoms with Gasteiger partial charge in [0.25, 0.3) is 11.5 Å². The fraction of sp³-hybridized carbons (Fsp3) is 0.414. The van der Waals surface area contributed by atoms with E-state index in [1.165, 1.54) is 0 Å². The smallest absolute Gasteiger partial charge is 0.269 e. The van der Waals surface area contributed by atoms with Crippen LogP contribution >= 0.6 is 0 Å². The van der Waals surface area contributed by atoms with Crippen LogP contribution in [0.5, 0.6) is 5.75 Å². The molecule has 4 heterocycles. The Hall–Kier alpha value is -4.43. The number of rotatable bonds is 9. The summed E-state index contributed by atoms with van der Waals surface area (Å²) in [5.41, 5.74) is 2.55. The Morgan fingerprint density at radius 3 is 2.73 bits per heavy atom. The summed E-state index contributed by atoms with van der Waals surface area (Å²) < 4.78 is 11.7. The quantitative estimate of drug-likeness (QED) is 0.404. The van der Waals surface area contributed by atoms with Gasteiger partial charge in [0.2, 0.25) is 0 Å². The summed E-state index contributed by atoms with van der Waals surface area (Å²) in [6.45, 7) is 7.52. The number of ether oxygens (including phenoxy) is 2. The number of piperazine rings is 1. The lowest BCUT2D eigenvalue weighted by molar-refractivity contribution is 0.0742. The van der Waals surface area contributed by atoms with Gasteiger partial charge in [0.15, 0.2) is 0 Å². The molecule has 2 aliphatic heterocycles. The number of amides is 1. The highest BCUT2D eigenvalue weighted by Crippen LogP contribution is 2.24. The summed E-state index contributed by atoms with van der Waals surface area (Å²) in [5, 5.41) is 15.4. The van der Waals surface area contributed by atoms with Crippen molar-refractivity contribution in [3.05, 3.63) is 75.8 Å². The van der Waals surface area contributed by atoms with Crippen molar-refractivity contribution in [2.24, 2.45) is 5.92 Å². The molecule has 3 aromatic rings. The molecule has 5 rings (SSSR count). The molecular weight excluding hydrogens is 510 g/mol. The van der Waals surface area contributed by atoms with Crippen LogP contribution in [0.15, 0.2) is 53.6 Å². The molecule has 0 spiro atoms. The monoisotopic (exact) mass is 543 g/mol. The number of hydrogen-bond donors (Lipinski definition) is 1. The lowest BCUT2D eigenvalue weighted by atomic mass is 10.1. The minimum atomic E-state index is -0.153. The van der Waals surface area contributed by atoms with E-state index in [1.807, 2.05) is 36.1 Å². The Balaban J connectivity index is 1.03. The molecule has 2 saturated heterocycles. The van der Waals surface area contributed by atoms with Crippen molar-refractivity contribution < 1.29 is 14.3 Å². The van der Waals surface area contributed by atoms with E-state index >= 15 is 0 Å². The molecule has 0 radical (unpaired) electrons. The summed E-state index contributed by atoms with van der Waals surface area (Å²) in [7, 11) is 0. The first-order chi connectivity index (χ1) is 19.5. The first-order valence-corrected chi connectivity index (χ1v) is 13.5. The van der Waals surface area contributed by atoms with Crippen LogP contribution in [0.4, 0.5) is 11.5 Å². The van der Waals surface area contributed by atoms with Crippen molar-refractivity contribution in [2.75, 3.05) is 68.9 Å². The van der Waals surface area contributed by atoms with Gasteiger partial charge in [-0.15, -0.1) is 0 Å². The van der Waals surface area contributed by atoms with E-state index in [2.05, 4.69) is 31.1 Å². The van der Waals surface area contributed by atoms with Crippen molar-refractivity contribution >= 4 is 17.4 Å². The Morgan fingerprint density at radius 1 is 1.10 bits per heavy atom. The van der Waals surface area contributed by atoms with Crippen molar-refractivity contribution in [3.8, 4) is 11.8 Å². The van der Waals surface area contributed by atoms with Gasteiger partial charge in [-0.25, -0.2) is 10.1 Å². The number of pyridine rings is 1. The number of benzene rings is 1. The molecule has 0 bridgehead atoms. The number of carbonyl (C=O) groups excluding carboxylic acids is 1. The Kier molecular flexibility index (Phi) is 8.56. The van der Waals surface area contributed by atoms with Gasteiger partial charge in [-0.3, -0.25) is 9.59 Å². The highest BCUT2D eigenvalue weighted by Gasteiger charge is 2.25. The zero-order valence-electron chi connectivity index (χ0n) is 22.6. The summed E-state index contributed by atoms with van der Waals surface area (Å²) in [4.78, 5) is 35.5. The Labute approximate surface area is 232 Å². The standard InChI is InChI=1S/C29H33N7O4/c1-21-26(18-32-33-28(21)37)36-8-7-23(19-36)20-39-13-14-40-25-4-2-3-24(15-25)29(38)35-11-9-34(10-12-35)27-6-5-22(16-30)17-31-27/h2-6,15,17-18,23H,7-14,19-20H2,1H3,(H,33,37). The van der Waals surface area contributed by atoms with Crippen molar-refractivity contribution in [2.45, 2.75) is 13.3 Å². The SMILES string of the molecule is Cc1c(N2CCC(COCCOc3cccc(C(=O)N4CCN(c5ccc(C#N)cn5)CC4)c3)C2)cn[nH]c1=O. The van der Waals surface area contributed by atoms with Crippen LogP contribution in [0.3, 0.4) is 0 Å². The molecule has 1 aromatic carbocycles. The van der Waals surface area contributed by atoms with E-state index in [-0.39, 0.29) is 11.5 Å². The third kappa shape index (κ3) is 6.40. The van der Waals surface area contributed by atoms with Gasteiger partial charge in [0, 0.05) is 62.5 Å². The molecule has 2 aromatic heterocycles. The van der Waals surface area contributed by atoms with E-state index in [1.54, 1.807) is 24.5 Å². The second-order valence-electron chi connectivity index (χ2n) is 10.1. The number of anilines is 2. The summed E-state index contributed by atoms with van der Waals surface area (Å²) in [6, 6.07) is 12.9. The van der Waals surface area contributed by atoms with Crippen LogP contribution in [-0.4, -0.2) is 85.1 Å². The zero-order valence-corrected chi connectivity index (χ0v) is 22.6. The topological polar surface area (TPSA) is 128 Å². The number of nitrogens with one attached hydrogen (secondary N) is 1. The lowest BCUT2D eigenvalue weighted by Crippen LogP contribution is -2.49. The minimum Gasteiger partial charge on any atom is -0.491 e. The number of nitrogens with zero attached hydrogens (tertiary/aromatic N) is 6. The van der Waals surface area contributed by atoms with Gasteiger partial charge < -0.3 is 24.2 Å². The van der Waals surface area contributed by atoms with Gasteiger partial charge in [0.1, 0.15) is 24.2 Å². The predicted octanol–water partition coefficient (Wildman–Crippen LogP) is 2.23. The molecule has 11 nitrogen and oxygen atoms in total. The summed E-state index contributed by atoms with van der Waals surface area (Å²) in [6.07, 6.45) is 4.28. The molecule has 40 heavy (non-hydrogen) atoms. The maximum absolute atomic E-state index is 13.1. The maximum atomic E-state index is 13.1. The largest absolute Gasteiger partial charge is 0.491 e. The first-order valence-electron chi connectivity index (χ1n) is 13.5. The third-order valence-corrected chi connectivity index (χ3v) is 7.40. The van der Waals surface area contributed by atoms with E-state index in [0.29, 0.717) is 74.4 Å². The first kappa shape index (κ1) is 27.1. The molecule has 11 heteroatoms. The van der Waals surface area contributed by atoms with Gasteiger partial charge in [-0.05, 0) is 43.7 Å². The molecule has 0 aliphatic carbocycles. The predicted molar refractivity (Wildman–Crippen MR) is 150 cm³/mol. The van der Waals surface area contributed by atoms with Crippen LogP contribution in [0.2, 0.25) is 0 Å². The average Bonchev–Trinajstić information content (AvgIpc) is 3.47. The van der Waals surface area contributed by atoms with Crippen LogP contribution < -0.4 is 20.1 Å². The summed E-state index contributed by atoms with van der Waals surface area (Å²) >= 11 is 0. The number of hydrogen-bond acceptors (Lipinski definition) is 9. The molecule has 1 unspecified atom stereocenters. The molecule has 2 aliphatic rings. The molecule has 2 fully saturated rings. The van der Waals surface area contributed by atoms with Crippen molar-refractivity contribution in [1.29, 1.82) is 5.26 Å². The van der Waals surface area contributed by atoms with Crippen LogP contribution in [0.1, 0.15) is 27.9 Å². The van der Waals surface area contributed by atoms with Crippen molar-refractivity contribution in [3.63, 3.8) is 0 Å². The molecule has 0 saturated carbocycles. The van der Waals surface area contributed by atoms with Gasteiger partial charge >= 0.3 is 0 Å². The number of aromatic amines is 1. The fourth-order valence-corrected chi connectivity index (χ4v) is 5.10. The number of H-pyrrole nitrogens is 1. The zero-order chi connectivity index (χ0) is 27.9. The lowest BCUT2D eigenvalue weighted by Gasteiger charge is -2.35. The molecule has 208 valence electrons. The molecule has 1 amide bonds. The summed E-state index contributed by atoms with van der Waals surface area (Å²) in [5.74, 6) is 1.81. The fourth-order valence-electron chi connectivity index (χ4n) is 5.10. The van der Waals surface area contributed by atoms with E-state index in [4.69, 9.17) is 14.7 Å². The Morgan fingerprint density at radius 2 is 1.95 bits per heavy atom. The van der Waals surface area contributed by atoms with Gasteiger partial charge in [-0.1, -0.05) is 6.07 Å². The highest BCUT2D eigenvalue weighted by atomic mass is 16.5. The van der Waals surface area contributed by atoms with E-state index in [0.717, 1.165) is 31.0 Å². The third-order valence-electron chi connectivity index (χ3n) is 7.40. The normalized spacial score (nSPS) is 17.1. The number of carbonyl (C=O) groups is 1. The van der Waals surface area contributed by atoms with Crippen LogP contribution in [0.25, 0.3) is 0 Å². The van der Waals surface area contributed by atoms with Crippen LogP contribution in [-0.2, 0) is 4.74 Å². The second-order valence-corrected chi connectivity index (χ2v) is 10.1. The molecular formula is C29H33N7O4. The Bertz CT molecular complexity index is 1410. The van der Waals surface area contributed by atoms with Gasteiger partial charge in [-0.2, -0.15) is 10.4 Å². The molecule has 1 atom stereocenters. The van der Waals surface area contributed by atoms with Gasteiger partial charge in [0.05, 0.1) is 30.7 Å².